The second-order valence-corrected chi connectivity index (χ2v) is 6.62. The van der Waals surface area contributed by atoms with Crippen LogP contribution >= 0.6 is 0 Å². The second-order valence-electron chi connectivity index (χ2n) is 6.62. The summed E-state index contributed by atoms with van der Waals surface area (Å²) >= 11 is 0. The van der Waals surface area contributed by atoms with Crippen LogP contribution < -0.4 is 5.32 Å². The molecule has 0 bridgehead atoms. The third-order valence-corrected chi connectivity index (χ3v) is 4.65. The first-order valence-corrected chi connectivity index (χ1v) is 8.83. The van der Waals surface area contributed by atoms with Crippen molar-refractivity contribution in [2.24, 2.45) is 0 Å². The maximum Gasteiger partial charge on any atom is 0.254 e. The van der Waals surface area contributed by atoms with E-state index in [0.717, 1.165) is 37.1 Å². The van der Waals surface area contributed by atoms with Crippen LogP contribution in [0.2, 0.25) is 0 Å². The molecule has 0 radical (unpaired) electrons. The molecule has 4 heteroatoms. The number of allylic oxidation sites excluding steroid dienone is 1. The summed E-state index contributed by atoms with van der Waals surface area (Å²) in [6.07, 6.45) is 6.08. The summed E-state index contributed by atoms with van der Waals surface area (Å²) in [5, 5.41) is 2.92. The Morgan fingerprint density at radius 3 is 2.71 bits per heavy atom. The van der Waals surface area contributed by atoms with Crippen LogP contribution in [0.1, 0.15) is 62.4 Å². The molecule has 1 fully saturated rings. The normalized spacial score (nSPS) is 18.4. The molecule has 24 heavy (non-hydrogen) atoms. The number of nitrogens with one attached hydrogen (secondary N) is 1. The smallest absolute Gasteiger partial charge is 0.254 e. The van der Waals surface area contributed by atoms with Crippen LogP contribution in [0.5, 0.6) is 0 Å². The van der Waals surface area contributed by atoms with Crippen molar-refractivity contribution in [2.45, 2.75) is 59.4 Å². The molecule has 0 aliphatic carbocycles. The number of piperidine rings is 1. The summed E-state index contributed by atoms with van der Waals surface area (Å²) in [5.74, 6) is -0.00563. The summed E-state index contributed by atoms with van der Waals surface area (Å²) in [6.45, 7) is 8.68. The molecule has 1 atom stereocenters. The van der Waals surface area contributed by atoms with Crippen LogP contribution in [0, 0.1) is 6.92 Å². The highest BCUT2D eigenvalue weighted by Gasteiger charge is 2.24. The molecule has 130 valence electrons. The average molecular weight is 328 g/mol. The van der Waals surface area contributed by atoms with Gasteiger partial charge < -0.3 is 10.2 Å². The predicted molar refractivity (Wildman–Crippen MR) is 98.2 cm³/mol. The summed E-state index contributed by atoms with van der Waals surface area (Å²) in [5.41, 5.74) is 3.06. The van der Waals surface area contributed by atoms with Crippen molar-refractivity contribution >= 4 is 17.5 Å². The van der Waals surface area contributed by atoms with Gasteiger partial charge in [0.05, 0.1) is 0 Å². The zero-order valence-electron chi connectivity index (χ0n) is 15.2. The number of amides is 2. The van der Waals surface area contributed by atoms with Gasteiger partial charge in [-0.1, -0.05) is 13.0 Å². The molecule has 1 N–H and O–H groups in total. The lowest BCUT2D eigenvalue weighted by Gasteiger charge is -2.33. The van der Waals surface area contributed by atoms with Crippen LogP contribution in [0.3, 0.4) is 0 Å². The van der Waals surface area contributed by atoms with Crippen molar-refractivity contribution in [3.05, 3.63) is 41.0 Å². The minimum atomic E-state index is -0.0938. The Balaban J connectivity index is 2.13. The van der Waals surface area contributed by atoms with Crippen molar-refractivity contribution < 1.29 is 9.59 Å². The van der Waals surface area contributed by atoms with Gasteiger partial charge in [-0.05, 0) is 70.2 Å². The molecule has 1 unspecified atom stereocenters. The molecule has 1 heterocycles. The van der Waals surface area contributed by atoms with E-state index >= 15 is 0 Å². The number of anilines is 1. The molecule has 1 aromatic rings. The van der Waals surface area contributed by atoms with E-state index in [4.69, 9.17) is 0 Å². The van der Waals surface area contributed by atoms with Gasteiger partial charge in [0.25, 0.3) is 11.8 Å². The van der Waals surface area contributed by atoms with E-state index in [2.05, 4.69) is 12.2 Å². The Hall–Kier alpha value is -2.10. The lowest BCUT2D eigenvalue weighted by atomic mass is 10.0. The first kappa shape index (κ1) is 18.2. The fourth-order valence-electron chi connectivity index (χ4n) is 3.12. The van der Waals surface area contributed by atoms with Crippen LogP contribution in [0.15, 0.2) is 29.8 Å². The first-order chi connectivity index (χ1) is 11.4. The molecule has 2 rings (SSSR count). The number of nitrogens with zero attached hydrogens (tertiary/aromatic N) is 1. The third-order valence-electron chi connectivity index (χ3n) is 4.65. The number of carbonyl (C=O) groups is 2. The maximum absolute atomic E-state index is 12.7. The number of benzene rings is 1. The van der Waals surface area contributed by atoms with Crippen LogP contribution in [0.4, 0.5) is 5.69 Å². The van der Waals surface area contributed by atoms with Gasteiger partial charge in [0.2, 0.25) is 0 Å². The Kier molecular flexibility index (Phi) is 6.18. The highest BCUT2D eigenvalue weighted by molar-refractivity contribution is 6.04. The number of likely N-dealkylation sites (tertiary alicyclic amines) is 1. The fourth-order valence-corrected chi connectivity index (χ4v) is 3.12. The molecular formula is C20H28N2O2. The Labute approximate surface area is 144 Å². The fraction of sp³-hybridized carbons (Fsp3) is 0.500. The van der Waals surface area contributed by atoms with E-state index in [9.17, 15) is 9.59 Å². The largest absolute Gasteiger partial charge is 0.336 e. The van der Waals surface area contributed by atoms with E-state index in [1.54, 1.807) is 0 Å². The lowest BCUT2D eigenvalue weighted by Crippen LogP contribution is -2.42. The summed E-state index contributed by atoms with van der Waals surface area (Å²) in [7, 11) is 0. The monoisotopic (exact) mass is 328 g/mol. The van der Waals surface area contributed by atoms with Gasteiger partial charge in [-0.25, -0.2) is 0 Å². The van der Waals surface area contributed by atoms with Crippen molar-refractivity contribution in [3.8, 4) is 0 Å². The Morgan fingerprint density at radius 2 is 2.08 bits per heavy atom. The highest BCUT2D eigenvalue weighted by atomic mass is 16.2. The van der Waals surface area contributed by atoms with Gasteiger partial charge in [-0.15, -0.1) is 0 Å². The number of carbonyl (C=O) groups excluding carboxylic acids is 2. The first-order valence-electron chi connectivity index (χ1n) is 8.83. The Morgan fingerprint density at radius 1 is 1.33 bits per heavy atom. The molecule has 1 aliphatic rings. The minimum Gasteiger partial charge on any atom is -0.336 e. The topological polar surface area (TPSA) is 49.4 Å². The van der Waals surface area contributed by atoms with E-state index in [1.807, 2.05) is 49.9 Å². The second kappa shape index (κ2) is 8.13. The van der Waals surface area contributed by atoms with Crippen molar-refractivity contribution in [3.63, 3.8) is 0 Å². The quantitative estimate of drug-likeness (QED) is 0.838. The van der Waals surface area contributed by atoms with E-state index in [1.165, 1.54) is 6.42 Å². The highest BCUT2D eigenvalue weighted by Crippen LogP contribution is 2.22. The van der Waals surface area contributed by atoms with E-state index in [0.29, 0.717) is 17.2 Å². The molecule has 1 saturated heterocycles. The summed E-state index contributed by atoms with van der Waals surface area (Å²) in [4.78, 5) is 26.8. The van der Waals surface area contributed by atoms with Gasteiger partial charge in [-0.3, -0.25) is 9.59 Å². The Bertz CT molecular complexity index is 649. The SMILES string of the molecule is CC/C=C(\C)C(=O)Nc1ccc(C(=O)N2CCCCC2C)cc1C. The van der Waals surface area contributed by atoms with E-state index in [-0.39, 0.29) is 11.8 Å². The standard InChI is InChI=1S/C20H28N2O2/c1-5-8-14(2)19(23)21-18-11-10-17(13-15(18)3)20(24)22-12-7-6-9-16(22)4/h8,10-11,13,16H,5-7,9,12H2,1-4H3,(H,21,23)/b14-8+. The van der Waals surface area contributed by atoms with Gasteiger partial charge in [-0.2, -0.15) is 0 Å². The molecule has 0 saturated carbocycles. The molecule has 1 aliphatic heterocycles. The number of hydrogen-bond donors (Lipinski definition) is 1. The molecule has 2 amide bonds. The van der Waals surface area contributed by atoms with Crippen molar-refractivity contribution in [1.29, 1.82) is 0 Å². The van der Waals surface area contributed by atoms with Crippen molar-refractivity contribution in [2.75, 3.05) is 11.9 Å². The molecule has 0 aromatic heterocycles. The lowest BCUT2D eigenvalue weighted by molar-refractivity contribution is -0.112. The van der Waals surface area contributed by atoms with Crippen LogP contribution in [-0.4, -0.2) is 29.3 Å². The maximum atomic E-state index is 12.7. The van der Waals surface area contributed by atoms with Crippen molar-refractivity contribution in [1.82, 2.24) is 4.90 Å². The van der Waals surface area contributed by atoms with Gasteiger partial charge in [0, 0.05) is 29.4 Å². The zero-order valence-corrected chi connectivity index (χ0v) is 15.2. The number of rotatable bonds is 4. The summed E-state index contributed by atoms with van der Waals surface area (Å²) < 4.78 is 0. The van der Waals surface area contributed by atoms with Crippen LogP contribution in [-0.2, 0) is 4.79 Å². The molecule has 4 nitrogen and oxygen atoms in total. The predicted octanol–water partition coefficient (Wildman–Crippen LogP) is 4.30. The van der Waals surface area contributed by atoms with Gasteiger partial charge in [0.15, 0.2) is 0 Å². The molecular weight excluding hydrogens is 300 g/mol. The summed E-state index contributed by atoms with van der Waals surface area (Å²) in [6, 6.07) is 5.81. The number of aryl methyl sites for hydroxylation is 1. The zero-order chi connectivity index (χ0) is 17.7. The molecule has 0 spiro atoms. The third kappa shape index (κ3) is 4.25. The van der Waals surface area contributed by atoms with Gasteiger partial charge >= 0.3 is 0 Å². The minimum absolute atomic E-state index is 0.0882. The van der Waals surface area contributed by atoms with Crippen LogP contribution in [0.25, 0.3) is 0 Å². The molecule has 1 aromatic carbocycles. The van der Waals surface area contributed by atoms with E-state index < -0.39 is 0 Å². The number of hydrogen-bond acceptors (Lipinski definition) is 2. The average Bonchev–Trinajstić information content (AvgIpc) is 2.56. The van der Waals surface area contributed by atoms with Gasteiger partial charge in [0.1, 0.15) is 0 Å².